The highest BCUT2D eigenvalue weighted by molar-refractivity contribution is 6.01. The second-order valence-electron chi connectivity index (χ2n) is 7.50. The third-order valence-electron chi connectivity index (χ3n) is 5.35. The lowest BCUT2D eigenvalue weighted by atomic mass is 10.1. The number of nitrogens with zero attached hydrogens (tertiary/aromatic N) is 2. The van der Waals surface area contributed by atoms with Crippen molar-refractivity contribution in [3.8, 4) is 17.2 Å². The molecule has 1 heterocycles. The first kappa shape index (κ1) is 21.2. The summed E-state index contributed by atoms with van der Waals surface area (Å²) >= 11 is 0. The molecule has 3 aromatic carbocycles. The molecule has 4 rings (SSSR count). The van der Waals surface area contributed by atoms with E-state index in [1.54, 1.807) is 18.3 Å². The van der Waals surface area contributed by atoms with E-state index in [-0.39, 0.29) is 11.3 Å². The molecule has 0 spiro atoms. The largest absolute Gasteiger partial charge is 0.507 e. The quantitative estimate of drug-likeness (QED) is 0.331. The Labute approximate surface area is 186 Å². The molecular weight excluding hydrogens is 402 g/mol. The minimum absolute atomic E-state index is 0.0786. The molecule has 162 valence electrons. The maximum Gasteiger partial charge on any atom is 0.275 e. The summed E-state index contributed by atoms with van der Waals surface area (Å²) in [5.41, 5.74) is 6.65. The number of nitrogens with one attached hydrogen (secondary N) is 1. The summed E-state index contributed by atoms with van der Waals surface area (Å²) in [6, 6.07) is 20.7. The summed E-state index contributed by atoms with van der Waals surface area (Å²) in [7, 11) is 0. The number of hydrogen-bond acceptors (Lipinski definition) is 4. The van der Waals surface area contributed by atoms with E-state index in [0.717, 1.165) is 39.2 Å². The number of ether oxygens (including phenoxy) is 1. The zero-order chi connectivity index (χ0) is 22.7. The molecule has 0 aliphatic heterocycles. The fourth-order valence-electron chi connectivity index (χ4n) is 3.80. The summed E-state index contributed by atoms with van der Waals surface area (Å²) < 4.78 is 7.64. The van der Waals surface area contributed by atoms with E-state index in [0.29, 0.717) is 6.61 Å². The molecule has 0 fully saturated rings. The summed E-state index contributed by atoms with van der Waals surface area (Å²) in [6.45, 7) is 6.61. The number of aromatic nitrogens is 1. The molecular formula is C26H25N3O3. The highest BCUT2D eigenvalue weighted by Crippen LogP contribution is 2.25. The lowest BCUT2D eigenvalue weighted by Gasteiger charge is -2.11. The van der Waals surface area contributed by atoms with Gasteiger partial charge in [-0.2, -0.15) is 5.10 Å². The first-order chi connectivity index (χ1) is 15.5. The van der Waals surface area contributed by atoms with Crippen molar-refractivity contribution in [3.05, 3.63) is 89.2 Å². The number of aromatic hydroxyl groups is 1. The molecule has 0 atom stereocenters. The maximum absolute atomic E-state index is 12.6. The highest BCUT2D eigenvalue weighted by Gasteiger charge is 2.13. The topological polar surface area (TPSA) is 75.8 Å². The van der Waals surface area contributed by atoms with Crippen LogP contribution >= 0.6 is 0 Å². The molecule has 0 radical (unpaired) electrons. The molecule has 4 aromatic rings. The van der Waals surface area contributed by atoms with Gasteiger partial charge in [-0.05, 0) is 74.0 Å². The van der Waals surface area contributed by atoms with E-state index < -0.39 is 5.91 Å². The summed E-state index contributed by atoms with van der Waals surface area (Å²) in [4.78, 5) is 12.6. The Morgan fingerprint density at radius 1 is 1.06 bits per heavy atom. The number of hydrogen-bond donors (Lipinski definition) is 2. The van der Waals surface area contributed by atoms with Crippen LogP contribution in [0.25, 0.3) is 16.5 Å². The van der Waals surface area contributed by atoms with Crippen molar-refractivity contribution >= 4 is 22.9 Å². The van der Waals surface area contributed by atoms with E-state index in [2.05, 4.69) is 15.1 Å². The van der Waals surface area contributed by atoms with E-state index >= 15 is 0 Å². The number of phenolic OH excluding ortho intramolecular Hbond substituents is 1. The third kappa shape index (κ3) is 4.21. The SMILES string of the molecule is CCOc1ccc(-n2c(C)cc(C=NNC(=O)c3cc4ccccc4cc3O)c2C)cc1. The van der Waals surface area contributed by atoms with Crippen LogP contribution in [0, 0.1) is 13.8 Å². The van der Waals surface area contributed by atoms with Crippen molar-refractivity contribution in [2.75, 3.05) is 6.61 Å². The molecule has 6 nitrogen and oxygen atoms in total. The van der Waals surface area contributed by atoms with Crippen molar-refractivity contribution in [2.24, 2.45) is 5.10 Å². The number of fused-ring (bicyclic) bond motifs is 1. The molecule has 2 N–H and O–H groups in total. The Morgan fingerprint density at radius 2 is 1.75 bits per heavy atom. The Hall–Kier alpha value is -4.06. The first-order valence-electron chi connectivity index (χ1n) is 10.4. The standard InChI is InChI=1S/C26H25N3O3/c1-4-32-23-11-9-22(10-12-23)29-17(2)13-21(18(29)3)16-27-28-26(31)24-14-19-7-5-6-8-20(19)15-25(24)30/h5-16,30H,4H2,1-3H3,(H,28,31). The fraction of sp³-hybridized carbons (Fsp3) is 0.154. The molecule has 0 aliphatic rings. The van der Waals surface area contributed by atoms with Crippen LogP contribution < -0.4 is 10.2 Å². The van der Waals surface area contributed by atoms with E-state index in [9.17, 15) is 9.90 Å². The zero-order valence-corrected chi connectivity index (χ0v) is 18.3. The molecule has 0 saturated heterocycles. The summed E-state index contributed by atoms with van der Waals surface area (Å²) in [6.07, 6.45) is 1.61. The van der Waals surface area contributed by atoms with Crippen molar-refractivity contribution in [3.63, 3.8) is 0 Å². The van der Waals surface area contributed by atoms with Crippen LogP contribution in [0.2, 0.25) is 0 Å². The van der Waals surface area contributed by atoms with E-state index in [4.69, 9.17) is 4.74 Å². The van der Waals surface area contributed by atoms with Gasteiger partial charge in [0.25, 0.3) is 5.91 Å². The normalized spacial score (nSPS) is 11.2. The Morgan fingerprint density at radius 3 is 2.44 bits per heavy atom. The van der Waals surface area contributed by atoms with Gasteiger partial charge < -0.3 is 14.4 Å². The van der Waals surface area contributed by atoms with Crippen LogP contribution in [0.4, 0.5) is 0 Å². The van der Waals surface area contributed by atoms with Crippen LogP contribution in [0.3, 0.4) is 0 Å². The van der Waals surface area contributed by atoms with Gasteiger partial charge in [0.15, 0.2) is 0 Å². The fourth-order valence-corrected chi connectivity index (χ4v) is 3.80. The van der Waals surface area contributed by atoms with Gasteiger partial charge >= 0.3 is 0 Å². The van der Waals surface area contributed by atoms with E-state index in [1.165, 1.54) is 0 Å². The molecule has 32 heavy (non-hydrogen) atoms. The lowest BCUT2D eigenvalue weighted by molar-refractivity contribution is 0.0952. The molecule has 0 bridgehead atoms. The van der Waals surface area contributed by atoms with Gasteiger partial charge in [-0.15, -0.1) is 0 Å². The van der Waals surface area contributed by atoms with Crippen LogP contribution in [-0.4, -0.2) is 28.4 Å². The monoisotopic (exact) mass is 427 g/mol. The van der Waals surface area contributed by atoms with E-state index in [1.807, 2.05) is 75.4 Å². The maximum atomic E-state index is 12.6. The molecule has 0 saturated carbocycles. The number of aryl methyl sites for hydroxylation is 1. The summed E-state index contributed by atoms with van der Waals surface area (Å²) in [5.74, 6) is 0.287. The predicted molar refractivity (Wildman–Crippen MR) is 127 cm³/mol. The number of rotatable bonds is 6. The smallest absolute Gasteiger partial charge is 0.275 e. The Kier molecular flexibility index (Phi) is 5.94. The van der Waals surface area contributed by atoms with Crippen molar-refractivity contribution in [1.29, 1.82) is 0 Å². The van der Waals surface area contributed by atoms with Gasteiger partial charge in [0.2, 0.25) is 0 Å². The molecule has 1 amide bonds. The van der Waals surface area contributed by atoms with Crippen molar-refractivity contribution in [1.82, 2.24) is 9.99 Å². The Bertz CT molecular complexity index is 1300. The molecule has 0 aliphatic carbocycles. The minimum atomic E-state index is -0.468. The second kappa shape index (κ2) is 8.98. The first-order valence-corrected chi connectivity index (χ1v) is 10.4. The zero-order valence-electron chi connectivity index (χ0n) is 18.3. The minimum Gasteiger partial charge on any atom is -0.507 e. The second-order valence-corrected chi connectivity index (χ2v) is 7.50. The van der Waals surface area contributed by atoms with Gasteiger partial charge in [-0.1, -0.05) is 24.3 Å². The highest BCUT2D eigenvalue weighted by atomic mass is 16.5. The van der Waals surface area contributed by atoms with Gasteiger partial charge in [-0.3, -0.25) is 4.79 Å². The number of carbonyl (C=O) groups is 1. The van der Waals surface area contributed by atoms with Crippen LogP contribution in [0.1, 0.15) is 34.2 Å². The van der Waals surface area contributed by atoms with Crippen LogP contribution in [0.15, 0.2) is 71.8 Å². The van der Waals surface area contributed by atoms with Gasteiger partial charge in [0.05, 0.1) is 18.4 Å². The van der Waals surface area contributed by atoms with Crippen LogP contribution in [0.5, 0.6) is 11.5 Å². The molecule has 1 aromatic heterocycles. The average molecular weight is 428 g/mol. The third-order valence-corrected chi connectivity index (χ3v) is 5.35. The lowest BCUT2D eigenvalue weighted by Crippen LogP contribution is -2.17. The number of benzene rings is 3. The van der Waals surface area contributed by atoms with Gasteiger partial charge in [0, 0.05) is 22.6 Å². The average Bonchev–Trinajstić information content (AvgIpc) is 3.07. The van der Waals surface area contributed by atoms with Gasteiger partial charge in [0.1, 0.15) is 11.5 Å². The van der Waals surface area contributed by atoms with Crippen molar-refractivity contribution in [2.45, 2.75) is 20.8 Å². The molecule has 0 unspecified atom stereocenters. The molecule has 6 heteroatoms. The summed E-state index contributed by atoms with van der Waals surface area (Å²) in [5, 5.41) is 16.1. The number of hydrazone groups is 1. The Balaban J connectivity index is 1.52. The van der Waals surface area contributed by atoms with Gasteiger partial charge in [-0.25, -0.2) is 5.43 Å². The number of amides is 1. The number of carbonyl (C=O) groups excluding carboxylic acids is 1. The number of phenols is 1. The van der Waals surface area contributed by atoms with Crippen molar-refractivity contribution < 1.29 is 14.6 Å². The predicted octanol–water partition coefficient (Wildman–Crippen LogP) is 5.12. The van der Waals surface area contributed by atoms with Crippen LogP contribution in [-0.2, 0) is 0 Å².